The molecular weight excluding hydrogens is 693 g/mol. The van der Waals surface area contributed by atoms with Crippen LogP contribution in [0.25, 0.3) is 32.7 Å². The third-order valence-electron chi connectivity index (χ3n) is 12.8. The molecule has 0 spiro atoms. The average Bonchev–Trinajstić information content (AvgIpc) is 3.68. The smallest absolute Gasteiger partial charge is 0.0967 e. The number of benzene rings is 6. The van der Waals surface area contributed by atoms with E-state index in [-0.39, 0.29) is 16.5 Å². The number of hydrogen-bond acceptors (Lipinski definition) is 4. The van der Waals surface area contributed by atoms with Crippen molar-refractivity contribution in [2.24, 2.45) is 0 Å². The Morgan fingerprint density at radius 1 is 0.537 bits per heavy atom. The first kappa shape index (κ1) is 33.4. The lowest BCUT2D eigenvalue weighted by Crippen LogP contribution is -2.40. The van der Waals surface area contributed by atoms with Gasteiger partial charge >= 0.3 is 0 Å². The Hall–Kier alpha value is -5.16. The van der Waals surface area contributed by atoms with Crippen LogP contribution in [-0.2, 0) is 16.5 Å². The van der Waals surface area contributed by atoms with Gasteiger partial charge in [0.2, 0.25) is 0 Å². The van der Waals surface area contributed by atoms with Crippen molar-refractivity contribution >= 4 is 65.6 Å². The van der Waals surface area contributed by atoms with Gasteiger partial charge in [0.25, 0.3) is 0 Å². The molecule has 266 valence electrons. The van der Waals surface area contributed by atoms with Gasteiger partial charge in [-0.15, -0.1) is 22.7 Å². The van der Waals surface area contributed by atoms with Crippen LogP contribution in [0.5, 0.6) is 0 Å². The van der Waals surface area contributed by atoms with E-state index in [0.717, 1.165) is 12.8 Å². The molecule has 0 saturated heterocycles. The zero-order valence-electron chi connectivity index (χ0n) is 31.6. The minimum absolute atomic E-state index is 0.139. The first-order valence-corrected chi connectivity index (χ1v) is 21.0. The Kier molecular flexibility index (Phi) is 7.53. The molecule has 0 bridgehead atoms. The molecule has 0 saturated carbocycles. The second-order valence-corrected chi connectivity index (χ2v) is 17.7. The predicted octanol–water partition coefficient (Wildman–Crippen LogP) is 14.7. The first-order valence-electron chi connectivity index (χ1n) is 19.3. The van der Waals surface area contributed by atoms with Crippen molar-refractivity contribution in [3.8, 4) is 11.1 Å². The van der Waals surface area contributed by atoms with Crippen molar-refractivity contribution in [2.75, 3.05) is 9.80 Å². The predicted molar refractivity (Wildman–Crippen MR) is 234 cm³/mol. The van der Waals surface area contributed by atoms with E-state index in [1.807, 2.05) is 22.7 Å². The SMILES string of the molecule is CCC(C)(c1ccc2c(c1)C(C)(C)c1cc3c(cc1-2)C3(CC)N(c1ccc2ccccc2c1)c1cccs1)N(c1ccc2ccccc2c1)c1cccs1. The van der Waals surface area contributed by atoms with Crippen LogP contribution in [0, 0.1) is 0 Å². The van der Waals surface area contributed by atoms with E-state index in [1.165, 1.54) is 81.9 Å². The van der Waals surface area contributed by atoms with Crippen LogP contribution in [0.2, 0.25) is 0 Å². The summed E-state index contributed by atoms with van der Waals surface area (Å²) in [6.07, 6.45) is 1.97. The molecule has 54 heavy (non-hydrogen) atoms. The minimum Gasteiger partial charge on any atom is -0.323 e. The highest BCUT2D eigenvalue weighted by molar-refractivity contribution is 7.14. The molecule has 2 nitrogen and oxygen atoms in total. The number of nitrogens with zero attached hydrogens (tertiary/aromatic N) is 2. The van der Waals surface area contributed by atoms with Gasteiger partial charge in [0.05, 0.1) is 21.1 Å². The van der Waals surface area contributed by atoms with Crippen LogP contribution in [-0.4, -0.2) is 0 Å². The highest BCUT2D eigenvalue weighted by Gasteiger charge is 2.56. The zero-order valence-corrected chi connectivity index (χ0v) is 33.2. The van der Waals surface area contributed by atoms with Crippen molar-refractivity contribution in [2.45, 2.75) is 64.0 Å². The number of fused-ring (bicyclic) bond motifs is 6. The van der Waals surface area contributed by atoms with Gasteiger partial charge < -0.3 is 9.80 Å². The topological polar surface area (TPSA) is 6.48 Å². The van der Waals surface area contributed by atoms with E-state index in [1.54, 1.807) is 0 Å². The van der Waals surface area contributed by atoms with Crippen LogP contribution in [0.3, 0.4) is 0 Å². The quantitative estimate of drug-likeness (QED) is 0.146. The number of thiophene rings is 2. The summed E-state index contributed by atoms with van der Waals surface area (Å²) in [5.41, 5.74) is 11.8. The van der Waals surface area contributed by atoms with Gasteiger partial charge in [0.15, 0.2) is 0 Å². The fraction of sp³-hybridized carbons (Fsp3) is 0.200. The van der Waals surface area contributed by atoms with Crippen molar-refractivity contribution in [3.63, 3.8) is 0 Å². The number of anilines is 4. The maximum Gasteiger partial charge on any atom is 0.0967 e. The average molecular weight is 737 g/mol. The van der Waals surface area contributed by atoms with Gasteiger partial charge in [-0.1, -0.05) is 113 Å². The van der Waals surface area contributed by atoms with Gasteiger partial charge in [-0.25, -0.2) is 0 Å². The summed E-state index contributed by atoms with van der Waals surface area (Å²) in [7, 11) is 0. The lowest BCUT2D eigenvalue weighted by molar-refractivity contribution is 0.465. The molecular formula is C50H44N2S2. The first-order chi connectivity index (χ1) is 26.3. The lowest BCUT2D eigenvalue weighted by atomic mass is 9.79. The fourth-order valence-corrected chi connectivity index (χ4v) is 11.3. The molecule has 0 N–H and O–H groups in total. The van der Waals surface area contributed by atoms with E-state index in [4.69, 9.17) is 0 Å². The fourth-order valence-electron chi connectivity index (χ4n) is 9.60. The highest BCUT2D eigenvalue weighted by atomic mass is 32.1. The van der Waals surface area contributed by atoms with Crippen molar-refractivity contribution < 1.29 is 0 Å². The standard InChI is InChI=1S/C50H44N2S2/c1-6-49(5,51(46-18-12-26-53-46)38-23-20-33-14-8-10-16-35(33)28-38)37-22-25-40-41-31-44-45(32-43(41)48(3,4)42(40)30-37)50(44,7-2)52(47-19-13-27-54-47)39-24-21-34-15-9-11-17-36(34)29-39/h8-32H,6-7H2,1-5H3. The Morgan fingerprint density at radius 3 is 1.76 bits per heavy atom. The summed E-state index contributed by atoms with van der Waals surface area (Å²) < 4.78 is 0. The largest absolute Gasteiger partial charge is 0.323 e. The number of rotatable bonds is 9. The van der Waals surface area contributed by atoms with E-state index in [2.05, 4.69) is 195 Å². The monoisotopic (exact) mass is 736 g/mol. The molecule has 8 aromatic rings. The minimum atomic E-state index is -0.265. The molecule has 0 aliphatic heterocycles. The molecule has 0 fully saturated rings. The summed E-state index contributed by atoms with van der Waals surface area (Å²) >= 11 is 3.64. The summed E-state index contributed by atoms with van der Waals surface area (Å²) in [5, 5.41) is 12.0. The molecule has 2 atom stereocenters. The number of hydrogen-bond donors (Lipinski definition) is 0. The van der Waals surface area contributed by atoms with E-state index >= 15 is 0 Å². The van der Waals surface area contributed by atoms with Crippen molar-refractivity contribution in [3.05, 3.63) is 178 Å². The van der Waals surface area contributed by atoms with Gasteiger partial charge in [-0.05, 0) is 146 Å². The van der Waals surface area contributed by atoms with E-state index in [9.17, 15) is 0 Å². The summed E-state index contributed by atoms with van der Waals surface area (Å²) in [5.74, 6) is 0. The van der Waals surface area contributed by atoms with Crippen LogP contribution < -0.4 is 9.80 Å². The van der Waals surface area contributed by atoms with E-state index in [0.29, 0.717) is 0 Å². The Balaban J connectivity index is 1.08. The van der Waals surface area contributed by atoms with Crippen LogP contribution >= 0.6 is 22.7 Å². The molecule has 2 aliphatic rings. The van der Waals surface area contributed by atoms with Crippen molar-refractivity contribution in [1.29, 1.82) is 0 Å². The maximum atomic E-state index is 2.62. The van der Waals surface area contributed by atoms with Gasteiger partial charge in [-0.3, -0.25) is 0 Å². The molecule has 4 heteroatoms. The van der Waals surface area contributed by atoms with Gasteiger partial charge in [0, 0.05) is 16.8 Å². The van der Waals surface area contributed by atoms with Gasteiger partial charge in [0.1, 0.15) is 0 Å². The second-order valence-electron chi connectivity index (χ2n) is 15.8. The normalized spacial score (nSPS) is 17.5. The third kappa shape index (κ3) is 4.76. The maximum absolute atomic E-state index is 2.62. The van der Waals surface area contributed by atoms with E-state index < -0.39 is 0 Å². The summed E-state index contributed by atoms with van der Waals surface area (Å²) in [6.45, 7) is 12.0. The third-order valence-corrected chi connectivity index (χ3v) is 14.5. The Bertz CT molecular complexity index is 2710. The zero-order chi connectivity index (χ0) is 36.8. The van der Waals surface area contributed by atoms with Crippen LogP contribution in [0.4, 0.5) is 21.4 Å². The summed E-state index contributed by atoms with van der Waals surface area (Å²) in [4.78, 5) is 5.21. The molecule has 6 aromatic carbocycles. The lowest BCUT2D eigenvalue weighted by Gasteiger charge is -2.43. The molecule has 2 unspecified atom stereocenters. The van der Waals surface area contributed by atoms with Crippen LogP contribution in [0.1, 0.15) is 75.3 Å². The summed E-state index contributed by atoms with van der Waals surface area (Å²) in [6, 6.07) is 52.7. The highest BCUT2D eigenvalue weighted by Crippen LogP contribution is 2.63. The van der Waals surface area contributed by atoms with Crippen molar-refractivity contribution in [1.82, 2.24) is 0 Å². The Labute approximate surface area is 327 Å². The molecule has 0 amide bonds. The second kappa shape index (κ2) is 12.2. The molecule has 2 aromatic heterocycles. The van der Waals surface area contributed by atoms with Crippen LogP contribution in [0.15, 0.2) is 150 Å². The molecule has 10 rings (SSSR count). The Morgan fingerprint density at radius 2 is 1.13 bits per heavy atom. The molecule has 2 heterocycles. The van der Waals surface area contributed by atoms with Gasteiger partial charge in [-0.2, -0.15) is 0 Å². The molecule has 0 radical (unpaired) electrons. The molecule has 2 aliphatic carbocycles.